The van der Waals surface area contributed by atoms with Gasteiger partial charge in [0, 0.05) is 18.1 Å². The van der Waals surface area contributed by atoms with Crippen molar-refractivity contribution in [3.05, 3.63) is 77.9 Å². The summed E-state index contributed by atoms with van der Waals surface area (Å²) in [6.07, 6.45) is 3.29. The molecule has 6 heteroatoms. The molecule has 0 unspecified atom stereocenters. The highest BCUT2D eigenvalue weighted by Gasteiger charge is 2.14. The van der Waals surface area contributed by atoms with Crippen molar-refractivity contribution in [1.29, 1.82) is 0 Å². The number of hydrogen-bond acceptors (Lipinski definition) is 5. The number of carbonyl (C=O) groups is 1. The molecule has 0 fully saturated rings. The number of carbonyl (C=O) groups excluding carboxylic acids is 1. The highest BCUT2D eigenvalue weighted by Crippen LogP contribution is 2.23. The molecular weight excluding hydrogens is 338 g/mol. The van der Waals surface area contributed by atoms with E-state index >= 15 is 0 Å². The molecule has 2 heterocycles. The number of pyridine rings is 1. The molecule has 6 nitrogen and oxygen atoms in total. The van der Waals surface area contributed by atoms with E-state index in [1.807, 2.05) is 42.5 Å². The second kappa shape index (κ2) is 7.95. The summed E-state index contributed by atoms with van der Waals surface area (Å²) in [5, 5.41) is 5.95. The number of hydrogen-bond donors (Lipinski definition) is 2. The first-order chi connectivity index (χ1) is 12.9. The van der Waals surface area contributed by atoms with Gasteiger partial charge in [-0.25, -0.2) is 9.97 Å². The minimum absolute atomic E-state index is 0.0728. The maximum atomic E-state index is 12.5. The van der Waals surface area contributed by atoms with Crippen molar-refractivity contribution in [3.8, 4) is 0 Å². The van der Waals surface area contributed by atoms with E-state index in [1.54, 1.807) is 18.5 Å². The Kier molecular flexibility index (Phi) is 5.45. The van der Waals surface area contributed by atoms with Crippen LogP contribution in [0.2, 0.25) is 0 Å². The molecule has 27 heavy (non-hydrogen) atoms. The molecule has 0 radical (unpaired) electrons. The number of nitrogens with zero attached hydrogens (tertiary/aromatic N) is 3. The molecule has 0 spiro atoms. The predicted octanol–water partition coefficient (Wildman–Crippen LogP) is 4.03. The number of rotatable bonds is 5. The first-order valence-electron chi connectivity index (χ1n) is 8.80. The van der Waals surface area contributed by atoms with E-state index < -0.39 is 0 Å². The minimum atomic E-state index is -0.276. The van der Waals surface area contributed by atoms with Crippen LogP contribution < -0.4 is 10.6 Å². The lowest BCUT2D eigenvalue weighted by atomic mass is 9.87. The molecule has 2 N–H and O–H groups in total. The summed E-state index contributed by atoms with van der Waals surface area (Å²) >= 11 is 0. The van der Waals surface area contributed by atoms with E-state index in [-0.39, 0.29) is 11.3 Å². The Morgan fingerprint density at radius 2 is 1.74 bits per heavy atom. The van der Waals surface area contributed by atoms with Gasteiger partial charge in [0.15, 0.2) is 0 Å². The van der Waals surface area contributed by atoms with Gasteiger partial charge in [-0.2, -0.15) is 0 Å². The fourth-order valence-electron chi connectivity index (χ4n) is 2.49. The van der Waals surface area contributed by atoms with Crippen molar-refractivity contribution in [1.82, 2.24) is 15.0 Å². The van der Waals surface area contributed by atoms with E-state index in [4.69, 9.17) is 0 Å². The highest BCUT2D eigenvalue weighted by molar-refractivity contribution is 6.02. The Morgan fingerprint density at radius 1 is 0.963 bits per heavy atom. The Morgan fingerprint density at radius 3 is 2.41 bits per heavy atom. The molecule has 0 aliphatic heterocycles. The lowest BCUT2D eigenvalue weighted by Gasteiger charge is -2.19. The highest BCUT2D eigenvalue weighted by atomic mass is 16.1. The molecule has 0 saturated heterocycles. The number of nitrogens with one attached hydrogen (secondary N) is 2. The minimum Gasteiger partial charge on any atom is -0.349 e. The fourth-order valence-corrected chi connectivity index (χ4v) is 2.49. The lowest BCUT2D eigenvalue weighted by molar-refractivity contribution is 0.102. The van der Waals surface area contributed by atoms with Crippen LogP contribution in [0, 0.1) is 0 Å². The summed E-state index contributed by atoms with van der Waals surface area (Å²) in [4.78, 5) is 25.1. The van der Waals surface area contributed by atoms with Gasteiger partial charge in [-0.1, -0.05) is 39.0 Å². The van der Waals surface area contributed by atoms with Crippen LogP contribution >= 0.6 is 0 Å². The molecule has 3 rings (SSSR count). The molecule has 1 aromatic carbocycles. The van der Waals surface area contributed by atoms with E-state index in [9.17, 15) is 4.79 Å². The summed E-state index contributed by atoms with van der Waals surface area (Å²) in [5.41, 5.74) is 3.19. The standard InChI is InChI=1S/C21H23N5O/c1-21(2,3)15-7-9-16(10-8-15)25-19(27)18-11-13-23-20(26-18)24-14-17-6-4-5-12-22-17/h4-13H,14H2,1-3H3,(H,25,27)(H,23,24,26). The molecule has 2 aromatic heterocycles. The van der Waals surface area contributed by atoms with Gasteiger partial charge in [-0.3, -0.25) is 9.78 Å². The van der Waals surface area contributed by atoms with Crippen LogP contribution in [-0.4, -0.2) is 20.9 Å². The molecule has 138 valence electrons. The van der Waals surface area contributed by atoms with Crippen molar-refractivity contribution >= 4 is 17.5 Å². The molecular formula is C21H23N5O. The third-order valence-corrected chi connectivity index (χ3v) is 4.05. The van der Waals surface area contributed by atoms with Gasteiger partial charge < -0.3 is 10.6 Å². The zero-order valence-electron chi connectivity index (χ0n) is 15.7. The van der Waals surface area contributed by atoms with Crippen LogP contribution in [0.1, 0.15) is 42.5 Å². The van der Waals surface area contributed by atoms with Crippen molar-refractivity contribution in [2.24, 2.45) is 0 Å². The lowest BCUT2D eigenvalue weighted by Crippen LogP contribution is -2.16. The van der Waals surface area contributed by atoms with Crippen molar-refractivity contribution in [3.63, 3.8) is 0 Å². The van der Waals surface area contributed by atoms with Crippen LogP contribution in [0.5, 0.6) is 0 Å². The van der Waals surface area contributed by atoms with Crippen molar-refractivity contribution < 1.29 is 4.79 Å². The van der Waals surface area contributed by atoms with Crippen molar-refractivity contribution in [2.45, 2.75) is 32.7 Å². The summed E-state index contributed by atoms with van der Waals surface area (Å²) in [6.45, 7) is 6.95. The maximum Gasteiger partial charge on any atom is 0.274 e. The molecule has 1 amide bonds. The first kappa shape index (κ1) is 18.5. The average Bonchev–Trinajstić information content (AvgIpc) is 2.67. The molecule has 0 atom stereocenters. The average molecular weight is 361 g/mol. The monoisotopic (exact) mass is 361 g/mol. The molecule has 0 saturated carbocycles. The van der Waals surface area contributed by atoms with Gasteiger partial charge in [-0.15, -0.1) is 0 Å². The molecule has 0 bridgehead atoms. The number of benzene rings is 1. The van der Waals surface area contributed by atoms with Crippen LogP contribution in [0.25, 0.3) is 0 Å². The Hall–Kier alpha value is -3.28. The predicted molar refractivity (Wildman–Crippen MR) is 107 cm³/mol. The summed E-state index contributed by atoms with van der Waals surface area (Å²) in [5.74, 6) is 0.109. The van der Waals surface area contributed by atoms with Crippen LogP contribution in [-0.2, 0) is 12.0 Å². The third-order valence-electron chi connectivity index (χ3n) is 4.05. The fraction of sp³-hybridized carbons (Fsp3) is 0.238. The topological polar surface area (TPSA) is 79.8 Å². The van der Waals surface area contributed by atoms with Gasteiger partial charge in [-0.05, 0) is 41.3 Å². The van der Waals surface area contributed by atoms with E-state index in [1.165, 1.54) is 5.56 Å². The first-order valence-corrected chi connectivity index (χ1v) is 8.80. The van der Waals surface area contributed by atoms with Crippen LogP contribution in [0.3, 0.4) is 0 Å². The molecule has 0 aliphatic rings. The quantitative estimate of drug-likeness (QED) is 0.717. The second-order valence-electron chi connectivity index (χ2n) is 7.22. The second-order valence-corrected chi connectivity index (χ2v) is 7.22. The summed E-state index contributed by atoms with van der Waals surface area (Å²) in [7, 11) is 0. The zero-order valence-corrected chi connectivity index (χ0v) is 15.7. The summed E-state index contributed by atoms with van der Waals surface area (Å²) in [6, 6.07) is 15.1. The van der Waals surface area contributed by atoms with E-state index in [0.29, 0.717) is 18.2 Å². The summed E-state index contributed by atoms with van der Waals surface area (Å²) < 4.78 is 0. The van der Waals surface area contributed by atoms with Gasteiger partial charge in [0.25, 0.3) is 5.91 Å². The van der Waals surface area contributed by atoms with Crippen LogP contribution in [0.15, 0.2) is 60.9 Å². The smallest absolute Gasteiger partial charge is 0.274 e. The number of aromatic nitrogens is 3. The van der Waals surface area contributed by atoms with Gasteiger partial charge in [0.2, 0.25) is 5.95 Å². The van der Waals surface area contributed by atoms with Gasteiger partial charge in [0.05, 0.1) is 12.2 Å². The Labute approximate surface area is 159 Å². The maximum absolute atomic E-state index is 12.5. The normalized spacial score (nSPS) is 11.1. The zero-order chi connectivity index (χ0) is 19.3. The number of amides is 1. The van der Waals surface area contributed by atoms with Crippen molar-refractivity contribution in [2.75, 3.05) is 10.6 Å². The Balaban J connectivity index is 1.64. The Bertz CT molecular complexity index is 902. The van der Waals surface area contributed by atoms with Gasteiger partial charge >= 0.3 is 0 Å². The SMILES string of the molecule is CC(C)(C)c1ccc(NC(=O)c2ccnc(NCc3ccccn3)n2)cc1. The number of anilines is 2. The van der Waals surface area contributed by atoms with E-state index in [0.717, 1.165) is 11.4 Å². The van der Waals surface area contributed by atoms with Crippen LogP contribution in [0.4, 0.5) is 11.6 Å². The third kappa shape index (κ3) is 5.10. The molecule has 3 aromatic rings. The molecule has 0 aliphatic carbocycles. The largest absolute Gasteiger partial charge is 0.349 e. The van der Waals surface area contributed by atoms with Gasteiger partial charge in [0.1, 0.15) is 5.69 Å². The van der Waals surface area contributed by atoms with E-state index in [2.05, 4.69) is 46.4 Å².